The van der Waals surface area contributed by atoms with Crippen LogP contribution >= 0.6 is 0 Å². The monoisotopic (exact) mass is 364 g/mol. The molecule has 1 aromatic heterocycles. The summed E-state index contributed by atoms with van der Waals surface area (Å²) in [4.78, 5) is 0.116. The van der Waals surface area contributed by atoms with Crippen molar-refractivity contribution >= 4 is 10.0 Å². The van der Waals surface area contributed by atoms with Crippen LogP contribution in [0, 0.1) is 0 Å². The first-order valence-electron chi connectivity index (χ1n) is 8.17. The number of hydrogen-bond donors (Lipinski definition) is 0. The Bertz CT molecular complexity index is 885. The van der Waals surface area contributed by atoms with Crippen LogP contribution in [0.1, 0.15) is 30.5 Å². The average molecular weight is 364 g/mol. The maximum absolute atomic E-state index is 12.9. The van der Waals surface area contributed by atoms with E-state index in [0.717, 1.165) is 5.69 Å². The van der Waals surface area contributed by atoms with Crippen LogP contribution in [0.25, 0.3) is 0 Å². The van der Waals surface area contributed by atoms with Crippen LogP contribution in [0.15, 0.2) is 29.3 Å². The Kier molecular flexibility index (Phi) is 3.92. The summed E-state index contributed by atoms with van der Waals surface area (Å²) in [6.45, 7) is 0.742. The SMILES string of the molecule is COc1ccc(OC)c(S(=O)(=O)N2CC(n3cc(C4CC4)nn3)C2)c1. The van der Waals surface area contributed by atoms with Crippen molar-refractivity contribution in [1.29, 1.82) is 0 Å². The van der Waals surface area contributed by atoms with Crippen molar-refractivity contribution in [3.8, 4) is 11.5 Å². The zero-order chi connectivity index (χ0) is 17.6. The third kappa shape index (κ3) is 2.87. The van der Waals surface area contributed by atoms with Gasteiger partial charge in [0, 0.05) is 31.3 Å². The van der Waals surface area contributed by atoms with Crippen molar-refractivity contribution in [3.05, 3.63) is 30.1 Å². The molecular weight excluding hydrogens is 344 g/mol. The summed E-state index contributed by atoms with van der Waals surface area (Å²) in [6, 6.07) is 4.78. The highest BCUT2D eigenvalue weighted by molar-refractivity contribution is 7.89. The second-order valence-electron chi connectivity index (χ2n) is 6.39. The lowest BCUT2D eigenvalue weighted by molar-refractivity contribution is 0.188. The lowest BCUT2D eigenvalue weighted by Gasteiger charge is -2.37. The number of hydrogen-bond acceptors (Lipinski definition) is 6. The van der Waals surface area contributed by atoms with Gasteiger partial charge in [0.25, 0.3) is 0 Å². The number of nitrogens with zero attached hydrogens (tertiary/aromatic N) is 4. The topological polar surface area (TPSA) is 86.5 Å². The maximum Gasteiger partial charge on any atom is 0.247 e. The van der Waals surface area contributed by atoms with E-state index in [9.17, 15) is 8.42 Å². The van der Waals surface area contributed by atoms with Crippen molar-refractivity contribution in [3.63, 3.8) is 0 Å². The minimum Gasteiger partial charge on any atom is -0.497 e. The van der Waals surface area contributed by atoms with Gasteiger partial charge in [0.15, 0.2) is 0 Å². The molecule has 8 nitrogen and oxygen atoms in total. The van der Waals surface area contributed by atoms with E-state index in [1.54, 1.807) is 16.8 Å². The molecule has 1 aliphatic carbocycles. The fourth-order valence-corrected chi connectivity index (χ4v) is 4.63. The molecule has 0 N–H and O–H groups in total. The molecule has 2 aliphatic rings. The first-order chi connectivity index (χ1) is 12.0. The third-order valence-corrected chi connectivity index (χ3v) is 6.57. The summed E-state index contributed by atoms with van der Waals surface area (Å²) < 4.78 is 39.4. The van der Waals surface area contributed by atoms with E-state index in [4.69, 9.17) is 9.47 Å². The van der Waals surface area contributed by atoms with E-state index in [1.807, 2.05) is 6.20 Å². The summed E-state index contributed by atoms with van der Waals surface area (Å²) in [5, 5.41) is 8.34. The van der Waals surface area contributed by atoms with E-state index in [2.05, 4.69) is 10.3 Å². The van der Waals surface area contributed by atoms with Gasteiger partial charge in [-0.2, -0.15) is 4.31 Å². The predicted molar refractivity (Wildman–Crippen MR) is 89.3 cm³/mol. The van der Waals surface area contributed by atoms with Gasteiger partial charge in [-0.05, 0) is 25.0 Å². The predicted octanol–water partition coefficient (Wildman–Crippen LogP) is 1.42. The number of methoxy groups -OCH3 is 2. The van der Waals surface area contributed by atoms with Crippen LogP contribution < -0.4 is 9.47 Å². The molecule has 0 unspecified atom stereocenters. The Hall–Kier alpha value is -2.13. The third-order valence-electron chi connectivity index (χ3n) is 4.72. The first-order valence-corrected chi connectivity index (χ1v) is 9.61. The second kappa shape index (κ2) is 5.99. The van der Waals surface area contributed by atoms with Crippen LogP contribution in [0.5, 0.6) is 11.5 Å². The molecule has 0 bridgehead atoms. The average Bonchev–Trinajstić information content (AvgIpc) is 3.31. The van der Waals surface area contributed by atoms with Crippen LogP contribution in [0.3, 0.4) is 0 Å². The highest BCUT2D eigenvalue weighted by Crippen LogP contribution is 2.39. The standard InChI is InChI=1S/C16H20N4O4S/c1-23-13-5-6-15(24-2)16(7-13)25(21,22)19-8-12(9-19)20-10-14(17-18-20)11-3-4-11/h5-7,10-12H,3-4,8-9H2,1-2H3. The van der Waals surface area contributed by atoms with Gasteiger partial charge < -0.3 is 9.47 Å². The molecule has 0 spiro atoms. The van der Waals surface area contributed by atoms with E-state index in [-0.39, 0.29) is 10.9 Å². The van der Waals surface area contributed by atoms with Crippen LogP contribution in [0.4, 0.5) is 0 Å². The van der Waals surface area contributed by atoms with Crippen molar-refractivity contribution in [1.82, 2.24) is 19.3 Å². The molecule has 1 saturated heterocycles. The highest BCUT2D eigenvalue weighted by Gasteiger charge is 2.40. The molecule has 9 heteroatoms. The molecule has 25 heavy (non-hydrogen) atoms. The highest BCUT2D eigenvalue weighted by atomic mass is 32.2. The second-order valence-corrected chi connectivity index (χ2v) is 8.30. The Morgan fingerprint density at radius 1 is 1.16 bits per heavy atom. The lowest BCUT2D eigenvalue weighted by atomic mass is 10.2. The first kappa shape index (κ1) is 16.3. The van der Waals surface area contributed by atoms with Crippen molar-refractivity contribution < 1.29 is 17.9 Å². The van der Waals surface area contributed by atoms with Gasteiger partial charge in [-0.15, -0.1) is 5.10 Å². The van der Waals surface area contributed by atoms with Gasteiger partial charge in [0.2, 0.25) is 10.0 Å². The Labute approximate surface area is 146 Å². The molecule has 1 saturated carbocycles. The van der Waals surface area contributed by atoms with Gasteiger partial charge in [0.1, 0.15) is 16.4 Å². The molecular formula is C16H20N4O4S. The van der Waals surface area contributed by atoms with Crippen LogP contribution in [0.2, 0.25) is 0 Å². The largest absolute Gasteiger partial charge is 0.497 e. The maximum atomic E-state index is 12.9. The smallest absolute Gasteiger partial charge is 0.247 e. The van der Waals surface area contributed by atoms with Crippen molar-refractivity contribution in [2.75, 3.05) is 27.3 Å². The number of rotatable bonds is 6. The van der Waals surface area contributed by atoms with Crippen LogP contribution in [-0.2, 0) is 10.0 Å². The number of aromatic nitrogens is 3. The minimum atomic E-state index is -3.65. The Morgan fingerprint density at radius 2 is 1.92 bits per heavy atom. The summed E-state index contributed by atoms with van der Waals surface area (Å²) in [7, 11) is -0.696. The fraction of sp³-hybridized carbons (Fsp3) is 0.500. The molecule has 0 radical (unpaired) electrons. The zero-order valence-electron chi connectivity index (χ0n) is 14.1. The van der Waals surface area contributed by atoms with Crippen LogP contribution in [-0.4, -0.2) is 55.0 Å². The number of ether oxygens (including phenoxy) is 2. The molecule has 0 atom stereocenters. The van der Waals surface area contributed by atoms with Gasteiger partial charge >= 0.3 is 0 Å². The molecule has 1 aromatic carbocycles. The van der Waals surface area contributed by atoms with Gasteiger partial charge in [-0.25, -0.2) is 13.1 Å². The van der Waals surface area contributed by atoms with Crippen molar-refractivity contribution in [2.45, 2.75) is 29.7 Å². The molecule has 2 heterocycles. The van der Waals surface area contributed by atoms with Gasteiger partial charge in [-0.1, -0.05) is 5.21 Å². The van der Waals surface area contributed by atoms with E-state index in [1.165, 1.54) is 37.4 Å². The molecule has 2 aromatic rings. The minimum absolute atomic E-state index is 0.0198. The molecule has 2 fully saturated rings. The number of sulfonamides is 1. The summed E-state index contributed by atoms with van der Waals surface area (Å²) in [5.74, 6) is 1.32. The van der Waals surface area contributed by atoms with E-state index < -0.39 is 10.0 Å². The Morgan fingerprint density at radius 3 is 2.56 bits per heavy atom. The van der Waals surface area contributed by atoms with E-state index >= 15 is 0 Å². The number of benzene rings is 1. The summed E-state index contributed by atoms with van der Waals surface area (Å²) in [5.41, 5.74) is 1.01. The van der Waals surface area contributed by atoms with Crippen molar-refractivity contribution in [2.24, 2.45) is 0 Å². The van der Waals surface area contributed by atoms with Gasteiger partial charge in [0.05, 0.1) is 26.0 Å². The van der Waals surface area contributed by atoms with E-state index in [0.29, 0.717) is 30.5 Å². The molecule has 4 rings (SSSR count). The Balaban J connectivity index is 1.52. The molecule has 1 aliphatic heterocycles. The van der Waals surface area contributed by atoms with Gasteiger partial charge in [-0.3, -0.25) is 0 Å². The zero-order valence-corrected chi connectivity index (χ0v) is 14.9. The molecule has 134 valence electrons. The molecule has 0 amide bonds. The summed E-state index contributed by atoms with van der Waals surface area (Å²) >= 11 is 0. The fourth-order valence-electron chi connectivity index (χ4n) is 2.94. The lowest BCUT2D eigenvalue weighted by Crippen LogP contribution is -2.50. The normalized spacial score (nSPS) is 18.8. The summed E-state index contributed by atoms with van der Waals surface area (Å²) in [6.07, 6.45) is 4.28. The quantitative estimate of drug-likeness (QED) is 0.770.